The molecule has 214 valence electrons. The Morgan fingerprint density at radius 3 is 1.06 bits per heavy atom. The van der Waals surface area contributed by atoms with E-state index in [2.05, 4.69) is 13.8 Å². The fraction of sp³-hybridized carbons (Fsp3) is 1.00. The van der Waals surface area contributed by atoms with E-state index in [0.29, 0.717) is 20.8 Å². The van der Waals surface area contributed by atoms with Gasteiger partial charge >= 0.3 is 17.1 Å². The molecule has 0 amide bonds. The molecule has 2 atom stereocenters. The Hall–Kier alpha value is 1.67. The maximum Gasteiger partial charge on any atom is 0.355 e. The Morgan fingerprint density at radius 1 is 0.528 bits per heavy atom. The predicted molar refractivity (Wildman–Crippen MR) is 170 cm³/mol. The molecule has 0 bridgehead atoms. The summed E-state index contributed by atoms with van der Waals surface area (Å²) < 4.78 is 25.6. The van der Waals surface area contributed by atoms with E-state index in [9.17, 15) is 0 Å². The van der Waals surface area contributed by atoms with E-state index < -0.39 is 17.1 Å². The zero-order valence-corrected chi connectivity index (χ0v) is 29.2. The van der Waals surface area contributed by atoms with E-state index >= 15 is 0 Å². The first-order valence-electron chi connectivity index (χ1n) is 14.4. The van der Waals surface area contributed by atoms with Crippen LogP contribution in [0.3, 0.4) is 0 Å². The van der Waals surface area contributed by atoms with Gasteiger partial charge in [-0.05, 0) is 58.2 Å². The number of hydrogen-bond acceptors (Lipinski definition) is 8. The van der Waals surface area contributed by atoms with Crippen molar-refractivity contribution in [3.63, 3.8) is 0 Å². The number of hydrogen-bond donors (Lipinski definition) is 0. The lowest BCUT2D eigenvalue weighted by molar-refractivity contribution is 0.216. The fourth-order valence-electron chi connectivity index (χ4n) is 6.57. The van der Waals surface area contributed by atoms with Crippen molar-refractivity contribution in [2.24, 2.45) is 0 Å². The van der Waals surface area contributed by atoms with E-state index in [1.165, 1.54) is 89.9 Å². The minimum absolute atomic E-state index is 0.438. The van der Waals surface area contributed by atoms with Crippen LogP contribution >= 0.6 is 41.2 Å². The quantitative estimate of drug-likeness (QED) is 0.102. The molecule has 2 fully saturated rings. The van der Waals surface area contributed by atoms with Gasteiger partial charge in [-0.2, -0.15) is 0 Å². The first kappa shape index (κ1) is 33.9. The van der Waals surface area contributed by atoms with Crippen LogP contribution in [0.5, 0.6) is 0 Å². The third kappa shape index (κ3) is 9.09. The molecule has 2 rings (SSSR count). The number of rotatable bonds is 15. The standard InChI is InChI=1S/C26H54O4S4Si2/c1-7-25(35(27-3,28-4)23-19-15-11-9-12-16-20-23)31-33-34-32-26(8-2)36(29-5,30-6)24-21-17-13-10-14-18-22-24/h23-26H,7-22H2,1-6H3. The van der Waals surface area contributed by atoms with Gasteiger partial charge in [0.2, 0.25) is 0 Å². The minimum Gasteiger partial charge on any atom is -0.397 e. The van der Waals surface area contributed by atoms with Gasteiger partial charge in [-0.15, -0.1) is 0 Å². The highest BCUT2D eigenvalue weighted by Crippen LogP contribution is 2.54. The van der Waals surface area contributed by atoms with E-state index in [1.54, 1.807) is 0 Å². The first-order valence-corrected chi connectivity index (χ1v) is 23.3. The monoisotopic (exact) mass is 614 g/mol. The molecule has 2 unspecified atom stereocenters. The average molecular weight is 615 g/mol. The zero-order valence-electron chi connectivity index (χ0n) is 23.9. The summed E-state index contributed by atoms with van der Waals surface area (Å²) in [5.74, 6) is 0. The lowest BCUT2D eigenvalue weighted by Crippen LogP contribution is -2.54. The summed E-state index contributed by atoms with van der Waals surface area (Å²) in [4.78, 5) is 0.875. The van der Waals surface area contributed by atoms with Gasteiger partial charge in [0.1, 0.15) is 0 Å². The first-order chi connectivity index (χ1) is 17.6. The van der Waals surface area contributed by atoms with E-state index in [0.717, 1.165) is 12.8 Å². The van der Waals surface area contributed by atoms with Crippen molar-refractivity contribution in [3.8, 4) is 0 Å². The van der Waals surface area contributed by atoms with Gasteiger partial charge in [-0.1, -0.05) is 99.6 Å². The molecule has 2 saturated carbocycles. The smallest absolute Gasteiger partial charge is 0.355 e. The lowest BCUT2D eigenvalue weighted by atomic mass is 10.0. The third-order valence-electron chi connectivity index (χ3n) is 8.60. The lowest BCUT2D eigenvalue weighted by Gasteiger charge is -2.41. The van der Waals surface area contributed by atoms with Crippen molar-refractivity contribution in [2.45, 2.75) is 137 Å². The SMILES string of the molecule is CCC(SSSSC(CC)[Si](OC)(OC)C1CCCCCCC1)[Si](OC)(OC)C1CCCCCCC1. The summed E-state index contributed by atoms with van der Waals surface area (Å²) in [5, 5.41) is 0. The molecule has 10 heteroatoms. The molecule has 0 aromatic rings. The molecule has 0 aliphatic heterocycles. The van der Waals surface area contributed by atoms with Crippen LogP contribution in [0.1, 0.15) is 117 Å². The van der Waals surface area contributed by atoms with Gasteiger partial charge < -0.3 is 17.7 Å². The Kier molecular flexibility index (Phi) is 17.8. The molecule has 0 aromatic carbocycles. The molecule has 0 spiro atoms. The van der Waals surface area contributed by atoms with Crippen molar-refractivity contribution in [2.75, 3.05) is 28.4 Å². The predicted octanol–water partition coefficient (Wildman–Crippen LogP) is 10.00. The summed E-state index contributed by atoms with van der Waals surface area (Å²) in [7, 11) is 10.9. The van der Waals surface area contributed by atoms with Crippen LogP contribution in [-0.4, -0.2) is 55.3 Å². The maximum atomic E-state index is 6.40. The van der Waals surface area contributed by atoms with Crippen molar-refractivity contribution < 1.29 is 17.7 Å². The van der Waals surface area contributed by atoms with Crippen molar-refractivity contribution in [1.29, 1.82) is 0 Å². The summed E-state index contributed by atoms with van der Waals surface area (Å²) >= 11 is 0. The van der Waals surface area contributed by atoms with E-state index in [1.807, 2.05) is 69.7 Å². The largest absolute Gasteiger partial charge is 0.397 e. The van der Waals surface area contributed by atoms with Crippen molar-refractivity contribution in [1.82, 2.24) is 0 Å². The molecule has 0 saturated heterocycles. The second kappa shape index (κ2) is 18.9. The van der Waals surface area contributed by atoms with Crippen LogP contribution in [0.2, 0.25) is 11.1 Å². The summed E-state index contributed by atoms with van der Waals surface area (Å²) in [6.07, 6.45) is 20.8. The molecular weight excluding hydrogens is 561 g/mol. The molecule has 0 aromatic heterocycles. The normalized spacial score (nSPS) is 21.8. The van der Waals surface area contributed by atoms with Crippen LogP contribution in [-0.2, 0) is 17.7 Å². The Balaban J connectivity index is 2.02. The van der Waals surface area contributed by atoms with Gasteiger partial charge in [0.05, 0.1) is 9.75 Å². The second-order valence-electron chi connectivity index (χ2n) is 10.5. The Labute approximate surface area is 240 Å². The van der Waals surface area contributed by atoms with Gasteiger partial charge in [0, 0.05) is 39.5 Å². The summed E-state index contributed by atoms with van der Waals surface area (Å²) in [6, 6.07) is 0. The highest BCUT2D eigenvalue weighted by Gasteiger charge is 2.52. The molecule has 2 aliphatic rings. The highest BCUT2D eigenvalue weighted by atomic mass is 33.7. The van der Waals surface area contributed by atoms with Crippen LogP contribution in [0.4, 0.5) is 0 Å². The van der Waals surface area contributed by atoms with Gasteiger partial charge in [0.15, 0.2) is 0 Å². The minimum atomic E-state index is -2.32. The Bertz CT molecular complexity index is 506. The molecule has 2 aliphatic carbocycles. The van der Waals surface area contributed by atoms with Crippen molar-refractivity contribution in [3.05, 3.63) is 0 Å². The maximum absolute atomic E-state index is 6.40. The average Bonchev–Trinajstić information content (AvgIpc) is 2.86. The van der Waals surface area contributed by atoms with Gasteiger partial charge in [-0.25, -0.2) is 0 Å². The van der Waals surface area contributed by atoms with Crippen LogP contribution in [0, 0.1) is 0 Å². The molecule has 4 nitrogen and oxygen atoms in total. The second-order valence-corrected chi connectivity index (χ2v) is 25.1. The van der Waals surface area contributed by atoms with Gasteiger partial charge in [-0.3, -0.25) is 0 Å². The zero-order chi connectivity index (χ0) is 26.3. The van der Waals surface area contributed by atoms with Gasteiger partial charge in [0.25, 0.3) is 0 Å². The van der Waals surface area contributed by atoms with Crippen LogP contribution < -0.4 is 0 Å². The van der Waals surface area contributed by atoms with Crippen LogP contribution in [0.25, 0.3) is 0 Å². The van der Waals surface area contributed by atoms with E-state index in [-0.39, 0.29) is 0 Å². The summed E-state index contributed by atoms with van der Waals surface area (Å²) in [5.41, 5.74) is 1.21. The van der Waals surface area contributed by atoms with Crippen LogP contribution in [0.15, 0.2) is 0 Å². The molecular formula is C26H54O4S4Si2. The molecule has 36 heavy (non-hydrogen) atoms. The fourth-order valence-corrected chi connectivity index (χ4v) is 27.9. The topological polar surface area (TPSA) is 36.9 Å². The Morgan fingerprint density at radius 2 is 0.806 bits per heavy atom. The molecule has 0 radical (unpaired) electrons. The third-order valence-corrected chi connectivity index (χ3v) is 27.7. The van der Waals surface area contributed by atoms with E-state index in [4.69, 9.17) is 17.7 Å². The molecule has 0 heterocycles. The highest BCUT2D eigenvalue weighted by molar-refractivity contribution is 9.26. The molecule has 0 N–H and O–H groups in total. The van der Waals surface area contributed by atoms with Crippen molar-refractivity contribution >= 4 is 58.4 Å². The summed E-state index contributed by atoms with van der Waals surface area (Å²) in [6.45, 7) is 4.63.